The Bertz CT molecular complexity index is 811. The van der Waals surface area contributed by atoms with Crippen molar-refractivity contribution in [2.75, 3.05) is 37.8 Å². The molecular weight excluding hydrogens is 333 g/mol. The van der Waals surface area contributed by atoms with Gasteiger partial charge in [0.05, 0.1) is 24.5 Å². The molecule has 2 fully saturated rings. The zero-order valence-corrected chi connectivity index (χ0v) is 14.7. The van der Waals surface area contributed by atoms with E-state index in [-0.39, 0.29) is 13.2 Å². The summed E-state index contributed by atoms with van der Waals surface area (Å²) in [6, 6.07) is 10.3. The number of benzene rings is 1. The van der Waals surface area contributed by atoms with Crippen LogP contribution in [0, 0.1) is 5.92 Å². The number of anilines is 1. The average Bonchev–Trinajstić information content (AvgIpc) is 2.92. The highest BCUT2D eigenvalue weighted by Crippen LogP contribution is 2.33. The van der Waals surface area contributed by atoms with Gasteiger partial charge in [-0.25, -0.2) is 9.37 Å². The maximum absolute atomic E-state index is 12.6. The third-order valence-corrected chi connectivity index (χ3v) is 5.26. The first kappa shape index (κ1) is 17.2. The monoisotopic (exact) mass is 357 g/mol. The lowest BCUT2D eigenvalue weighted by Crippen LogP contribution is -2.34. The zero-order valence-electron chi connectivity index (χ0n) is 14.7. The lowest BCUT2D eigenvalue weighted by Gasteiger charge is -2.26. The molecule has 2 unspecified atom stereocenters. The predicted octanol–water partition coefficient (Wildman–Crippen LogP) is 3.04. The van der Waals surface area contributed by atoms with Crippen molar-refractivity contribution < 1.29 is 13.9 Å². The molecule has 3 heterocycles. The topological polar surface area (TPSA) is 60.6 Å². The highest BCUT2D eigenvalue weighted by molar-refractivity contribution is 5.82. The summed E-state index contributed by atoms with van der Waals surface area (Å²) in [6.45, 7) is 3.03. The molecule has 4 rings (SSSR count). The lowest BCUT2D eigenvalue weighted by molar-refractivity contribution is 0.125. The highest BCUT2D eigenvalue weighted by Gasteiger charge is 2.34. The van der Waals surface area contributed by atoms with Crippen molar-refractivity contribution in [2.24, 2.45) is 11.7 Å². The second-order valence-electron chi connectivity index (χ2n) is 7.06. The van der Waals surface area contributed by atoms with E-state index in [1.54, 1.807) is 0 Å². The molecule has 138 valence electrons. The number of nitrogens with zero attached hydrogens (tertiary/aromatic N) is 2. The molecular formula is C20H24FN3O2. The number of hydrogen-bond acceptors (Lipinski definition) is 5. The molecule has 2 saturated heterocycles. The quantitative estimate of drug-likeness (QED) is 0.891. The van der Waals surface area contributed by atoms with Crippen LogP contribution < -0.4 is 15.4 Å². The number of hydrogen-bond donors (Lipinski definition) is 1. The molecule has 2 N–H and O–H groups in total. The summed E-state index contributed by atoms with van der Waals surface area (Å²) in [7, 11) is 0. The van der Waals surface area contributed by atoms with Gasteiger partial charge in [-0.1, -0.05) is 0 Å². The van der Waals surface area contributed by atoms with Crippen molar-refractivity contribution in [3.05, 3.63) is 42.2 Å². The fourth-order valence-corrected chi connectivity index (χ4v) is 3.78. The molecule has 0 aliphatic carbocycles. The second kappa shape index (κ2) is 7.60. The van der Waals surface area contributed by atoms with Gasteiger partial charge in [-0.3, -0.25) is 0 Å². The number of fused-ring (bicyclic) bond motifs is 3. The Kier molecular flexibility index (Phi) is 5.04. The van der Waals surface area contributed by atoms with Crippen molar-refractivity contribution in [3.8, 4) is 5.75 Å². The van der Waals surface area contributed by atoms with Gasteiger partial charge in [0.1, 0.15) is 18.2 Å². The molecule has 2 aliphatic rings. The number of rotatable bonds is 5. The van der Waals surface area contributed by atoms with Gasteiger partial charge in [0.2, 0.25) is 0 Å². The smallest absolute Gasteiger partial charge is 0.129 e. The third-order valence-electron chi connectivity index (χ3n) is 5.26. The first-order valence-corrected chi connectivity index (χ1v) is 9.13. The van der Waals surface area contributed by atoms with Gasteiger partial charge >= 0.3 is 0 Å². The van der Waals surface area contributed by atoms with Crippen molar-refractivity contribution >= 4 is 16.7 Å². The van der Waals surface area contributed by atoms with Crippen LogP contribution in [0.1, 0.15) is 12.8 Å². The molecule has 2 bridgehead atoms. The van der Waals surface area contributed by atoms with Gasteiger partial charge in [-0.2, -0.15) is 0 Å². The number of pyridine rings is 1. The summed E-state index contributed by atoms with van der Waals surface area (Å²) in [5, 5.41) is 1.00. The minimum absolute atomic E-state index is 0.150. The molecule has 26 heavy (non-hydrogen) atoms. The van der Waals surface area contributed by atoms with E-state index in [2.05, 4.69) is 17.0 Å². The van der Waals surface area contributed by atoms with Crippen LogP contribution in [0.5, 0.6) is 5.75 Å². The standard InChI is InChI=1S/C20H24FN3O2/c21-9-15(10-22)12-26-18-2-3-19-16(8-18)1-4-20(23-19)24-11-14-5-6-25-13-17(24)7-14/h1-4,8-9,14,17H,5-7,10-13,22H2/b15-9+. The summed E-state index contributed by atoms with van der Waals surface area (Å²) in [6.07, 6.45) is 2.84. The third kappa shape index (κ3) is 3.52. The molecule has 0 spiro atoms. The molecule has 2 aromatic rings. The van der Waals surface area contributed by atoms with Gasteiger partial charge in [0.15, 0.2) is 0 Å². The number of halogens is 1. The Hall–Kier alpha value is -2.18. The minimum atomic E-state index is 0.150. The number of aromatic nitrogens is 1. The van der Waals surface area contributed by atoms with Crippen LogP contribution in [0.3, 0.4) is 0 Å². The van der Waals surface area contributed by atoms with Crippen LogP contribution in [0.2, 0.25) is 0 Å². The zero-order chi connectivity index (χ0) is 17.9. The van der Waals surface area contributed by atoms with E-state index in [1.807, 2.05) is 18.2 Å². The second-order valence-corrected chi connectivity index (χ2v) is 7.06. The van der Waals surface area contributed by atoms with E-state index in [0.29, 0.717) is 29.6 Å². The van der Waals surface area contributed by atoms with Crippen LogP contribution in [-0.4, -0.2) is 43.9 Å². The Labute approximate surface area is 152 Å². The summed E-state index contributed by atoms with van der Waals surface area (Å²) in [5.41, 5.74) is 6.80. The van der Waals surface area contributed by atoms with E-state index >= 15 is 0 Å². The van der Waals surface area contributed by atoms with Crippen molar-refractivity contribution in [1.82, 2.24) is 4.98 Å². The van der Waals surface area contributed by atoms with Crippen LogP contribution >= 0.6 is 0 Å². The summed E-state index contributed by atoms with van der Waals surface area (Å²) in [5.74, 6) is 2.40. The Balaban J connectivity index is 1.52. The van der Waals surface area contributed by atoms with Gasteiger partial charge in [0, 0.05) is 30.7 Å². The summed E-state index contributed by atoms with van der Waals surface area (Å²) < 4.78 is 23.9. The molecule has 1 aromatic heterocycles. The van der Waals surface area contributed by atoms with Crippen LogP contribution in [0.25, 0.3) is 10.9 Å². The Morgan fingerprint density at radius 1 is 1.38 bits per heavy atom. The van der Waals surface area contributed by atoms with Gasteiger partial charge < -0.3 is 20.1 Å². The van der Waals surface area contributed by atoms with E-state index in [9.17, 15) is 4.39 Å². The molecule has 1 aromatic carbocycles. The first-order valence-electron chi connectivity index (χ1n) is 9.13. The predicted molar refractivity (Wildman–Crippen MR) is 100 cm³/mol. The number of nitrogens with two attached hydrogens (primary N) is 1. The highest BCUT2D eigenvalue weighted by atomic mass is 19.1. The summed E-state index contributed by atoms with van der Waals surface area (Å²) >= 11 is 0. The van der Waals surface area contributed by atoms with E-state index in [1.165, 1.54) is 6.42 Å². The average molecular weight is 357 g/mol. The van der Waals surface area contributed by atoms with Crippen LogP contribution in [0.15, 0.2) is 42.2 Å². The molecule has 0 amide bonds. The normalized spacial score (nSPS) is 23.3. The maximum atomic E-state index is 12.6. The first-order chi connectivity index (χ1) is 12.8. The molecule has 2 aliphatic heterocycles. The van der Waals surface area contributed by atoms with Gasteiger partial charge in [0.25, 0.3) is 0 Å². The van der Waals surface area contributed by atoms with Crippen molar-refractivity contribution in [3.63, 3.8) is 0 Å². The SMILES string of the molecule is NC/C(=C\F)COc1ccc2nc(N3CC4CCOCC3C4)ccc2c1. The van der Waals surface area contributed by atoms with E-state index in [4.69, 9.17) is 20.2 Å². The van der Waals surface area contributed by atoms with Crippen molar-refractivity contribution in [2.45, 2.75) is 18.9 Å². The van der Waals surface area contributed by atoms with Gasteiger partial charge in [-0.05, 0) is 49.1 Å². The number of ether oxygens (including phenoxy) is 2. The van der Waals surface area contributed by atoms with E-state index in [0.717, 1.165) is 42.9 Å². The Morgan fingerprint density at radius 3 is 3.15 bits per heavy atom. The fraction of sp³-hybridized carbons (Fsp3) is 0.450. The molecule has 0 saturated carbocycles. The molecule has 0 radical (unpaired) electrons. The van der Waals surface area contributed by atoms with E-state index < -0.39 is 0 Å². The minimum Gasteiger partial charge on any atom is -0.489 e. The maximum Gasteiger partial charge on any atom is 0.129 e. The largest absolute Gasteiger partial charge is 0.489 e. The molecule has 6 heteroatoms. The summed E-state index contributed by atoms with van der Waals surface area (Å²) in [4.78, 5) is 7.22. The van der Waals surface area contributed by atoms with Crippen LogP contribution in [-0.2, 0) is 4.74 Å². The fourth-order valence-electron chi connectivity index (χ4n) is 3.78. The van der Waals surface area contributed by atoms with Crippen molar-refractivity contribution in [1.29, 1.82) is 0 Å². The molecule has 5 nitrogen and oxygen atoms in total. The lowest BCUT2D eigenvalue weighted by atomic mass is 10.0. The van der Waals surface area contributed by atoms with Gasteiger partial charge in [-0.15, -0.1) is 0 Å². The van der Waals surface area contributed by atoms with Crippen LogP contribution in [0.4, 0.5) is 10.2 Å². The molecule has 2 atom stereocenters. The Morgan fingerprint density at radius 2 is 2.31 bits per heavy atom.